The van der Waals surface area contributed by atoms with Crippen molar-refractivity contribution in [3.8, 4) is 0 Å². The van der Waals surface area contributed by atoms with Crippen molar-refractivity contribution in [2.24, 2.45) is 40.4 Å². The molecule has 0 aromatic heterocycles. The molecular weight excluding hydrogens is 376 g/mol. The number of hydrogen-bond acceptors (Lipinski definition) is 3. The molecule has 2 rings (SSSR count). The first kappa shape index (κ1) is 25.6. The zero-order valence-electron chi connectivity index (χ0n) is 20.4. The SMILES string of the molecule is CCCC1C(C(C)(C)CC[C@@H](O)CC)C[C@H](O)[C@@]2(C)C1CC[C@@H]2[C@H](C)CCC(=O)O. The van der Waals surface area contributed by atoms with Crippen molar-refractivity contribution in [1.29, 1.82) is 0 Å². The standard InChI is InChI=1S/C26H48O4/c1-7-9-19-21-12-11-20(17(3)10-13-24(29)30)26(21,6)23(28)16-22(19)25(4,5)15-14-18(27)8-2/h17-23,27-28H,7-16H2,1-6H3,(H,29,30)/t17-,18+,19?,20-,21?,22?,23+,26-/m1/s1. The topological polar surface area (TPSA) is 77.8 Å². The number of carboxylic acid groups (broad SMARTS) is 1. The molecule has 0 spiro atoms. The molecule has 0 aromatic carbocycles. The van der Waals surface area contributed by atoms with Crippen molar-refractivity contribution in [3.63, 3.8) is 0 Å². The summed E-state index contributed by atoms with van der Waals surface area (Å²) in [4.78, 5) is 11.1. The van der Waals surface area contributed by atoms with Gasteiger partial charge in [-0.15, -0.1) is 0 Å². The number of aliphatic carboxylic acids is 1. The van der Waals surface area contributed by atoms with Crippen LogP contribution in [0.2, 0.25) is 0 Å². The van der Waals surface area contributed by atoms with E-state index >= 15 is 0 Å². The van der Waals surface area contributed by atoms with Crippen molar-refractivity contribution in [1.82, 2.24) is 0 Å². The van der Waals surface area contributed by atoms with Crippen molar-refractivity contribution < 1.29 is 20.1 Å². The Morgan fingerprint density at radius 1 is 1.20 bits per heavy atom. The number of aliphatic hydroxyl groups excluding tert-OH is 2. The van der Waals surface area contributed by atoms with Crippen LogP contribution >= 0.6 is 0 Å². The van der Waals surface area contributed by atoms with Gasteiger partial charge in [0.2, 0.25) is 0 Å². The molecule has 3 N–H and O–H groups in total. The minimum Gasteiger partial charge on any atom is -0.481 e. The predicted octanol–water partition coefficient (Wildman–Crippen LogP) is 5.89. The first-order valence-corrected chi connectivity index (χ1v) is 12.6. The molecule has 176 valence electrons. The van der Waals surface area contributed by atoms with Crippen LogP contribution in [-0.4, -0.2) is 33.5 Å². The highest BCUT2D eigenvalue weighted by Gasteiger charge is 2.60. The van der Waals surface area contributed by atoms with Gasteiger partial charge in [0.15, 0.2) is 0 Å². The second-order valence-corrected chi connectivity index (χ2v) is 11.5. The lowest BCUT2D eigenvalue weighted by Gasteiger charge is -2.56. The Labute approximate surface area is 184 Å². The Balaban J connectivity index is 2.24. The molecule has 2 aliphatic rings. The van der Waals surface area contributed by atoms with Crippen molar-refractivity contribution in [2.45, 2.75) is 118 Å². The number of carbonyl (C=O) groups is 1. The van der Waals surface area contributed by atoms with E-state index in [2.05, 4.69) is 34.6 Å². The summed E-state index contributed by atoms with van der Waals surface area (Å²) < 4.78 is 0. The van der Waals surface area contributed by atoms with Gasteiger partial charge in [-0.3, -0.25) is 4.79 Å². The van der Waals surface area contributed by atoms with E-state index in [1.807, 2.05) is 6.92 Å². The highest BCUT2D eigenvalue weighted by atomic mass is 16.4. The maximum atomic E-state index is 11.5. The monoisotopic (exact) mass is 424 g/mol. The predicted molar refractivity (Wildman–Crippen MR) is 122 cm³/mol. The van der Waals surface area contributed by atoms with Gasteiger partial charge in [-0.1, -0.05) is 54.4 Å². The third-order valence-electron chi connectivity index (χ3n) is 9.33. The second-order valence-electron chi connectivity index (χ2n) is 11.5. The Bertz CT molecular complexity index is 559. The summed E-state index contributed by atoms with van der Waals surface area (Å²) >= 11 is 0. The molecule has 4 nitrogen and oxygen atoms in total. The minimum absolute atomic E-state index is 0.102. The minimum atomic E-state index is -0.717. The van der Waals surface area contributed by atoms with Crippen LogP contribution in [0, 0.1) is 40.4 Å². The molecule has 0 saturated heterocycles. The van der Waals surface area contributed by atoms with E-state index in [0.29, 0.717) is 36.0 Å². The van der Waals surface area contributed by atoms with Gasteiger partial charge in [0, 0.05) is 6.42 Å². The van der Waals surface area contributed by atoms with Gasteiger partial charge in [-0.2, -0.15) is 0 Å². The Hall–Kier alpha value is -0.610. The van der Waals surface area contributed by atoms with Crippen LogP contribution in [0.25, 0.3) is 0 Å². The summed E-state index contributed by atoms with van der Waals surface area (Å²) in [5.41, 5.74) is -0.00141. The molecule has 0 radical (unpaired) electrons. The summed E-state index contributed by atoms with van der Waals surface area (Å²) in [6.07, 6.45) is 8.50. The van der Waals surface area contributed by atoms with Crippen molar-refractivity contribution in [2.75, 3.05) is 0 Å². The van der Waals surface area contributed by atoms with Gasteiger partial charge in [0.05, 0.1) is 12.2 Å². The van der Waals surface area contributed by atoms with Gasteiger partial charge in [-0.25, -0.2) is 0 Å². The fourth-order valence-corrected chi connectivity index (χ4v) is 7.39. The number of carboxylic acids is 1. The van der Waals surface area contributed by atoms with Crippen LogP contribution in [0.1, 0.15) is 106 Å². The zero-order chi connectivity index (χ0) is 22.7. The van der Waals surface area contributed by atoms with E-state index in [9.17, 15) is 15.0 Å². The molecule has 0 heterocycles. The second kappa shape index (κ2) is 10.3. The lowest BCUT2D eigenvalue weighted by Crippen LogP contribution is -2.54. The lowest BCUT2D eigenvalue weighted by atomic mass is 9.50. The molecule has 30 heavy (non-hydrogen) atoms. The fourth-order valence-electron chi connectivity index (χ4n) is 7.39. The van der Waals surface area contributed by atoms with Crippen LogP contribution in [0.5, 0.6) is 0 Å². The molecule has 2 aliphatic carbocycles. The quantitative estimate of drug-likeness (QED) is 0.386. The van der Waals surface area contributed by atoms with Crippen molar-refractivity contribution in [3.05, 3.63) is 0 Å². The third-order valence-corrected chi connectivity index (χ3v) is 9.33. The average Bonchev–Trinajstić information content (AvgIpc) is 3.05. The zero-order valence-corrected chi connectivity index (χ0v) is 20.4. The van der Waals surface area contributed by atoms with E-state index in [-0.39, 0.29) is 29.5 Å². The van der Waals surface area contributed by atoms with Crippen LogP contribution < -0.4 is 0 Å². The average molecular weight is 425 g/mol. The molecule has 4 heteroatoms. The Kier molecular flexibility index (Phi) is 8.84. The third kappa shape index (κ3) is 5.23. The first-order chi connectivity index (χ1) is 14.0. The summed E-state index contributed by atoms with van der Waals surface area (Å²) in [6, 6.07) is 0. The summed E-state index contributed by atoms with van der Waals surface area (Å²) in [5.74, 6) is 1.61. The van der Waals surface area contributed by atoms with Crippen LogP contribution in [0.4, 0.5) is 0 Å². The normalized spacial score (nSPS) is 36.3. The number of hydrogen-bond donors (Lipinski definition) is 3. The molecule has 8 atom stereocenters. The molecule has 0 bridgehead atoms. The summed E-state index contributed by atoms with van der Waals surface area (Å²) in [6.45, 7) is 13.5. The Morgan fingerprint density at radius 2 is 1.87 bits per heavy atom. The van der Waals surface area contributed by atoms with Gasteiger partial charge in [-0.05, 0) is 85.4 Å². The van der Waals surface area contributed by atoms with Crippen molar-refractivity contribution >= 4 is 5.97 Å². The molecule has 0 amide bonds. The van der Waals surface area contributed by atoms with E-state index in [1.165, 1.54) is 6.42 Å². The van der Waals surface area contributed by atoms with Crippen LogP contribution in [0.15, 0.2) is 0 Å². The number of aliphatic hydroxyl groups is 2. The Morgan fingerprint density at radius 3 is 2.43 bits per heavy atom. The van der Waals surface area contributed by atoms with Gasteiger partial charge in [0.25, 0.3) is 0 Å². The molecule has 3 unspecified atom stereocenters. The van der Waals surface area contributed by atoms with E-state index in [1.54, 1.807) is 0 Å². The van der Waals surface area contributed by atoms with E-state index < -0.39 is 5.97 Å². The van der Waals surface area contributed by atoms with Gasteiger partial charge < -0.3 is 15.3 Å². The molecule has 0 aromatic rings. The molecule has 2 saturated carbocycles. The van der Waals surface area contributed by atoms with Gasteiger partial charge in [0.1, 0.15) is 0 Å². The van der Waals surface area contributed by atoms with Crippen LogP contribution in [0.3, 0.4) is 0 Å². The molecule has 0 aliphatic heterocycles. The van der Waals surface area contributed by atoms with Crippen LogP contribution in [-0.2, 0) is 4.79 Å². The highest BCUT2D eigenvalue weighted by Crippen LogP contribution is 2.64. The lowest BCUT2D eigenvalue weighted by molar-refractivity contribution is -0.140. The number of rotatable bonds is 11. The first-order valence-electron chi connectivity index (χ1n) is 12.6. The highest BCUT2D eigenvalue weighted by molar-refractivity contribution is 5.66. The summed E-state index contributed by atoms with van der Waals surface area (Å²) in [7, 11) is 0. The van der Waals surface area contributed by atoms with Gasteiger partial charge >= 0.3 is 5.97 Å². The molecule has 2 fully saturated rings. The maximum Gasteiger partial charge on any atom is 0.303 e. The van der Waals surface area contributed by atoms with E-state index in [4.69, 9.17) is 5.11 Å². The molecular formula is C26H48O4. The smallest absolute Gasteiger partial charge is 0.303 e. The summed E-state index contributed by atoms with van der Waals surface area (Å²) in [5, 5.41) is 30.8. The number of fused-ring (bicyclic) bond motifs is 1. The maximum absolute atomic E-state index is 11.5. The van der Waals surface area contributed by atoms with E-state index in [0.717, 1.165) is 44.9 Å². The fraction of sp³-hybridized carbons (Fsp3) is 0.962. The largest absolute Gasteiger partial charge is 0.481 e.